The number of rotatable bonds is 4. The maximum atomic E-state index is 12.3. The Morgan fingerprint density at radius 1 is 1.21 bits per heavy atom. The molecular formula is C19H21N3O2. The Balaban J connectivity index is 1.56. The number of ether oxygens (including phenoxy) is 1. The molecule has 1 saturated heterocycles. The molecule has 1 aromatic heterocycles. The topological polar surface area (TPSA) is 55.3 Å². The van der Waals surface area contributed by atoms with E-state index in [9.17, 15) is 4.79 Å². The quantitative estimate of drug-likeness (QED) is 0.812. The fourth-order valence-electron chi connectivity index (χ4n) is 2.76. The third kappa shape index (κ3) is 4.19. The fourth-order valence-corrected chi connectivity index (χ4v) is 2.76. The molecule has 124 valence electrons. The highest BCUT2D eigenvalue weighted by Gasteiger charge is 2.27. The minimum atomic E-state index is -0.0553. The molecule has 5 heteroatoms. The van der Waals surface area contributed by atoms with Crippen molar-refractivity contribution in [1.82, 2.24) is 14.9 Å². The first-order valence-corrected chi connectivity index (χ1v) is 8.11. The van der Waals surface area contributed by atoms with Crippen LogP contribution in [0.4, 0.5) is 0 Å². The molecule has 3 rings (SSSR count). The van der Waals surface area contributed by atoms with E-state index in [0.717, 1.165) is 23.4 Å². The molecule has 1 amide bonds. The van der Waals surface area contributed by atoms with E-state index in [2.05, 4.69) is 9.97 Å². The van der Waals surface area contributed by atoms with Crippen LogP contribution in [0, 0.1) is 13.8 Å². The molecule has 1 fully saturated rings. The number of likely N-dealkylation sites (tertiary alicyclic amines) is 1. The Labute approximate surface area is 142 Å². The van der Waals surface area contributed by atoms with E-state index >= 15 is 0 Å². The number of aryl methyl sites for hydroxylation is 2. The minimum absolute atomic E-state index is 0.00583. The molecule has 24 heavy (non-hydrogen) atoms. The van der Waals surface area contributed by atoms with Crippen molar-refractivity contribution in [2.24, 2.45) is 0 Å². The number of aromatic nitrogens is 2. The Morgan fingerprint density at radius 2 is 1.92 bits per heavy atom. The van der Waals surface area contributed by atoms with Crippen molar-refractivity contribution in [2.45, 2.75) is 26.4 Å². The zero-order valence-electron chi connectivity index (χ0n) is 14.0. The molecular weight excluding hydrogens is 302 g/mol. The molecule has 0 aliphatic carbocycles. The van der Waals surface area contributed by atoms with Crippen LogP contribution >= 0.6 is 0 Å². The molecule has 1 aliphatic heterocycles. The summed E-state index contributed by atoms with van der Waals surface area (Å²) in [5.41, 5.74) is 2.78. The van der Waals surface area contributed by atoms with Gasteiger partial charge in [0, 0.05) is 30.4 Å². The number of amides is 1. The molecule has 0 saturated carbocycles. The standard InChI is InChI=1S/C19H21N3O2/c1-14-12-15(2)21-19(20-14)24-17-10-11-22(13-17)18(23)9-8-16-6-4-3-5-7-16/h3-9,12,17H,10-11,13H2,1-2H3/b9-8+/t17-/m1/s1. The SMILES string of the molecule is Cc1cc(C)nc(O[C@@H]2CCN(C(=O)/C=C/c3ccccc3)C2)n1. The lowest BCUT2D eigenvalue weighted by atomic mass is 10.2. The summed E-state index contributed by atoms with van der Waals surface area (Å²) in [6, 6.07) is 12.1. The lowest BCUT2D eigenvalue weighted by Gasteiger charge is -2.15. The number of nitrogens with zero attached hydrogens (tertiary/aromatic N) is 3. The number of benzene rings is 1. The van der Waals surface area contributed by atoms with E-state index in [4.69, 9.17) is 4.74 Å². The van der Waals surface area contributed by atoms with Gasteiger partial charge in [-0.1, -0.05) is 30.3 Å². The highest BCUT2D eigenvalue weighted by Crippen LogP contribution is 2.16. The van der Waals surface area contributed by atoms with E-state index in [1.54, 1.807) is 11.0 Å². The Morgan fingerprint density at radius 3 is 2.62 bits per heavy atom. The average molecular weight is 323 g/mol. The van der Waals surface area contributed by atoms with Gasteiger partial charge in [-0.15, -0.1) is 0 Å². The molecule has 0 unspecified atom stereocenters. The molecule has 0 N–H and O–H groups in total. The Kier molecular flexibility index (Phi) is 4.89. The summed E-state index contributed by atoms with van der Waals surface area (Å²) in [7, 11) is 0. The zero-order valence-corrected chi connectivity index (χ0v) is 14.0. The largest absolute Gasteiger partial charge is 0.458 e. The zero-order chi connectivity index (χ0) is 16.9. The van der Waals surface area contributed by atoms with E-state index < -0.39 is 0 Å². The van der Waals surface area contributed by atoms with Gasteiger partial charge in [0.05, 0.1) is 6.54 Å². The molecule has 0 radical (unpaired) electrons. The van der Waals surface area contributed by atoms with Gasteiger partial charge in [-0.3, -0.25) is 4.79 Å². The first kappa shape index (κ1) is 16.2. The van der Waals surface area contributed by atoms with Gasteiger partial charge in [0.25, 0.3) is 0 Å². The maximum absolute atomic E-state index is 12.3. The summed E-state index contributed by atoms with van der Waals surface area (Å²) in [6.45, 7) is 5.09. The highest BCUT2D eigenvalue weighted by atomic mass is 16.5. The summed E-state index contributed by atoms with van der Waals surface area (Å²) < 4.78 is 5.84. The predicted octanol–water partition coefficient (Wildman–Crippen LogP) is 2.79. The number of hydrogen-bond acceptors (Lipinski definition) is 4. The van der Waals surface area contributed by atoms with E-state index in [0.29, 0.717) is 19.1 Å². The van der Waals surface area contributed by atoms with E-state index in [1.807, 2.05) is 56.3 Å². The van der Waals surface area contributed by atoms with Gasteiger partial charge in [-0.2, -0.15) is 0 Å². The van der Waals surface area contributed by atoms with Crippen LogP contribution in [-0.2, 0) is 4.79 Å². The van der Waals surface area contributed by atoms with Crippen molar-refractivity contribution in [3.05, 3.63) is 59.4 Å². The van der Waals surface area contributed by atoms with Crippen LogP contribution < -0.4 is 4.74 Å². The molecule has 1 atom stereocenters. The van der Waals surface area contributed by atoms with Crippen molar-refractivity contribution in [1.29, 1.82) is 0 Å². The molecule has 1 aromatic carbocycles. The van der Waals surface area contributed by atoms with Crippen LogP contribution in [0.2, 0.25) is 0 Å². The van der Waals surface area contributed by atoms with Crippen LogP contribution in [0.1, 0.15) is 23.4 Å². The first-order valence-electron chi connectivity index (χ1n) is 8.11. The molecule has 2 heterocycles. The van der Waals surface area contributed by atoms with Gasteiger partial charge in [-0.25, -0.2) is 9.97 Å². The van der Waals surface area contributed by atoms with Crippen molar-refractivity contribution in [3.63, 3.8) is 0 Å². The second kappa shape index (κ2) is 7.25. The lowest BCUT2D eigenvalue weighted by Crippen LogP contribution is -2.29. The highest BCUT2D eigenvalue weighted by molar-refractivity contribution is 5.92. The van der Waals surface area contributed by atoms with E-state index in [1.165, 1.54) is 0 Å². The lowest BCUT2D eigenvalue weighted by molar-refractivity contribution is -0.125. The van der Waals surface area contributed by atoms with Gasteiger partial charge in [0.15, 0.2) is 0 Å². The van der Waals surface area contributed by atoms with Crippen LogP contribution in [0.25, 0.3) is 6.08 Å². The average Bonchev–Trinajstić information content (AvgIpc) is 3.01. The summed E-state index contributed by atoms with van der Waals surface area (Å²) in [6.07, 6.45) is 4.19. The summed E-state index contributed by atoms with van der Waals surface area (Å²) in [5.74, 6) is 0.00583. The van der Waals surface area contributed by atoms with Crippen molar-refractivity contribution in [2.75, 3.05) is 13.1 Å². The predicted molar refractivity (Wildman–Crippen MR) is 92.6 cm³/mol. The van der Waals surface area contributed by atoms with Gasteiger partial charge in [0.2, 0.25) is 5.91 Å². The number of hydrogen-bond donors (Lipinski definition) is 0. The van der Waals surface area contributed by atoms with Crippen LogP contribution in [-0.4, -0.2) is 40.0 Å². The molecule has 1 aliphatic rings. The van der Waals surface area contributed by atoms with Gasteiger partial charge in [0.1, 0.15) is 6.10 Å². The number of carbonyl (C=O) groups is 1. The Bertz CT molecular complexity index is 723. The number of carbonyl (C=O) groups excluding carboxylic acids is 1. The van der Waals surface area contributed by atoms with E-state index in [-0.39, 0.29) is 12.0 Å². The first-order chi connectivity index (χ1) is 11.6. The second-order valence-electron chi connectivity index (χ2n) is 5.99. The summed E-state index contributed by atoms with van der Waals surface area (Å²) in [4.78, 5) is 22.7. The van der Waals surface area contributed by atoms with Crippen molar-refractivity contribution >= 4 is 12.0 Å². The van der Waals surface area contributed by atoms with Crippen LogP contribution in [0.5, 0.6) is 6.01 Å². The molecule has 5 nitrogen and oxygen atoms in total. The molecule has 0 bridgehead atoms. The monoisotopic (exact) mass is 323 g/mol. The third-order valence-electron chi connectivity index (χ3n) is 3.91. The van der Waals surface area contributed by atoms with Crippen LogP contribution in [0.3, 0.4) is 0 Å². The third-order valence-corrected chi connectivity index (χ3v) is 3.91. The normalized spacial score (nSPS) is 17.4. The van der Waals surface area contributed by atoms with Crippen LogP contribution in [0.15, 0.2) is 42.5 Å². The van der Waals surface area contributed by atoms with Gasteiger partial charge >= 0.3 is 6.01 Å². The van der Waals surface area contributed by atoms with Crippen molar-refractivity contribution < 1.29 is 9.53 Å². The molecule has 2 aromatic rings. The maximum Gasteiger partial charge on any atom is 0.317 e. The minimum Gasteiger partial charge on any atom is -0.458 e. The van der Waals surface area contributed by atoms with Crippen molar-refractivity contribution in [3.8, 4) is 6.01 Å². The Hall–Kier alpha value is -2.69. The van der Waals surface area contributed by atoms with Gasteiger partial charge < -0.3 is 9.64 Å². The smallest absolute Gasteiger partial charge is 0.317 e. The summed E-state index contributed by atoms with van der Waals surface area (Å²) in [5, 5.41) is 0. The molecule has 0 spiro atoms. The fraction of sp³-hybridized carbons (Fsp3) is 0.316. The summed E-state index contributed by atoms with van der Waals surface area (Å²) >= 11 is 0. The van der Waals surface area contributed by atoms with Gasteiger partial charge in [-0.05, 0) is 31.6 Å². The second-order valence-corrected chi connectivity index (χ2v) is 5.99.